The summed E-state index contributed by atoms with van der Waals surface area (Å²) >= 11 is 0. The Morgan fingerprint density at radius 2 is 1.82 bits per heavy atom. The molecule has 2 N–H and O–H groups in total. The quantitative estimate of drug-likeness (QED) is 0.699. The lowest BCUT2D eigenvalue weighted by Gasteiger charge is -2.27. The number of guanidine groups is 1. The molecule has 4 heteroatoms. The molecule has 0 unspecified atom stereocenters. The predicted molar refractivity (Wildman–Crippen MR) is 91.3 cm³/mol. The van der Waals surface area contributed by atoms with Gasteiger partial charge in [0, 0.05) is 13.1 Å². The number of nitrogens with two attached hydrogens (primary N) is 1. The number of likely N-dealkylation sites (tertiary alicyclic amines) is 1. The normalized spacial score (nSPS) is 16.0. The summed E-state index contributed by atoms with van der Waals surface area (Å²) < 4.78 is 5.25. The largest absolute Gasteiger partial charge is 0.497 e. The molecular weight excluding hydrogens is 274 g/mol. The van der Waals surface area contributed by atoms with E-state index in [9.17, 15) is 0 Å². The predicted octanol–water partition coefficient (Wildman–Crippen LogP) is 3.15. The summed E-state index contributed by atoms with van der Waals surface area (Å²) in [6.45, 7) is 2.70. The lowest BCUT2D eigenvalue weighted by molar-refractivity contribution is 0.338. The molecule has 0 atom stereocenters. The van der Waals surface area contributed by atoms with Crippen LogP contribution in [0.25, 0.3) is 10.8 Å². The maximum absolute atomic E-state index is 6.11. The summed E-state index contributed by atoms with van der Waals surface area (Å²) in [6, 6.07) is 12.5. The van der Waals surface area contributed by atoms with Crippen molar-refractivity contribution in [2.45, 2.75) is 25.8 Å². The van der Waals surface area contributed by atoms with Crippen molar-refractivity contribution in [3.8, 4) is 5.75 Å². The number of aliphatic imine (C=N–C) groups is 1. The van der Waals surface area contributed by atoms with Gasteiger partial charge in [-0.05, 0) is 53.8 Å². The van der Waals surface area contributed by atoms with Gasteiger partial charge in [-0.3, -0.25) is 0 Å². The van der Waals surface area contributed by atoms with Gasteiger partial charge in [0.1, 0.15) is 5.75 Å². The van der Waals surface area contributed by atoms with E-state index in [1.165, 1.54) is 35.6 Å². The summed E-state index contributed by atoms with van der Waals surface area (Å²) in [5, 5.41) is 2.38. The van der Waals surface area contributed by atoms with Crippen LogP contribution in [0, 0.1) is 0 Å². The molecule has 1 heterocycles. The highest BCUT2D eigenvalue weighted by Crippen LogP contribution is 2.22. The van der Waals surface area contributed by atoms with Crippen LogP contribution >= 0.6 is 0 Å². The highest BCUT2D eigenvalue weighted by atomic mass is 16.5. The van der Waals surface area contributed by atoms with Crippen molar-refractivity contribution in [1.29, 1.82) is 0 Å². The Hall–Kier alpha value is -2.23. The smallest absolute Gasteiger partial charge is 0.191 e. The summed E-state index contributed by atoms with van der Waals surface area (Å²) in [4.78, 5) is 6.74. The molecule has 2 aromatic rings. The summed E-state index contributed by atoms with van der Waals surface area (Å²) in [7, 11) is 1.69. The van der Waals surface area contributed by atoms with Gasteiger partial charge in [0.25, 0.3) is 0 Å². The lowest BCUT2D eigenvalue weighted by Crippen LogP contribution is -2.40. The van der Waals surface area contributed by atoms with E-state index in [-0.39, 0.29) is 0 Å². The average Bonchev–Trinajstić information content (AvgIpc) is 2.59. The van der Waals surface area contributed by atoms with E-state index in [1.54, 1.807) is 7.11 Å². The Balaban J connectivity index is 1.73. The van der Waals surface area contributed by atoms with Gasteiger partial charge >= 0.3 is 0 Å². The molecule has 0 amide bonds. The topological polar surface area (TPSA) is 50.9 Å². The summed E-state index contributed by atoms with van der Waals surface area (Å²) in [5.41, 5.74) is 7.28. The minimum absolute atomic E-state index is 0.629. The van der Waals surface area contributed by atoms with Gasteiger partial charge in [0.2, 0.25) is 0 Å². The van der Waals surface area contributed by atoms with Gasteiger partial charge in [-0.15, -0.1) is 0 Å². The summed E-state index contributed by atoms with van der Waals surface area (Å²) in [6.07, 6.45) is 3.74. The second kappa shape index (κ2) is 6.69. The lowest BCUT2D eigenvalue weighted by atomic mass is 10.1. The first kappa shape index (κ1) is 14.7. The van der Waals surface area contributed by atoms with E-state index in [2.05, 4.69) is 34.2 Å². The van der Waals surface area contributed by atoms with Crippen LogP contribution in [0.1, 0.15) is 24.8 Å². The third-order valence-electron chi connectivity index (χ3n) is 4.22. The first-order valence-corrected chi connectivity index (χ1v) is 7.88. The van der Waals surface area contributed by atoms with E-state index in [4.69, 9.17) is 10.5 Å². The Morgan fingerprint density at radius 1 is 1.09 bits per heavy atom. The molecule has 0 saturated carbocycles. The number of methoxy groups -OCH3 is 1. The number of ether oxygens (including phenoxy) is 1. The summed E-state index contributed by atoms with van der Waals surface area (Å²) in [5.74, 6) is 1.56. The van der Waals surface area contributed by atoms with Crippen molar-refractivity contribution in [1.82, 2.24) is 4.90 Å². The third-order valence-corrected chi connectivity index (χ3v) is 4.22. The van der Waals surface area contributed by atoms with Crippen LogP contribution in [0.2, 0.25) is 0 Å². The molecule has 1 fully saturated rings. The van der Waals surface area contributed by atoms with Crippen molar-refractivity contribution in [2.24, 2.45) is 10.7 Å². The standard InChI is InChI=1S/C18H23N3O/c1-22-17-8-7-15-11-14(5-6-16(15)12-17)13-20-18(19)21-9-3-2-4-10-21/h5-8,11-12H,2-4,9-10,13H2,1H3,(H2,19,20). The molecule has 0 radical (unpaired) electrons. The van der Waals surface area contributed by atoms with Crippen LogP contribution in [0.5, 0.6) is 5.75 Å². The molecule has 116 valence electrons. The van der Waals surface area contributed by atoms with Crippen molar-refractivity contribution in [3.05, 3.63) is 42.0 Å². The maximum atomic E-state index is 6.11. The van der Waals surface area contributed by atoms with Gasteiger partial charge in [-0.1, -0.05) is 18.2 Å². The molecule has 0 aromatic heterocycles. The number of hydrogen-bond acceptors (Lipinski definition) is 2. The van der Waals surface area contributed by atoms with Crippen molar-refractivity contribution in [3.63, 3.8) is 0 Å². The highest BCUT2D eigenvalue weighted by molar-refractivity contribution is 5.84. The van der Waals surface area contributed by atoms with E-state index in [1.807, 2.05) is 12.1 Å². The minimum atomic E-state index is 0.629. The van der Waals surface area contributed by atoms with E-state index in [0.29, 0.717) is 12.5 Å². The zero-order chi connectivity index (χ0) is 15.4. The van der Waals surface area contributed by atoms with Crippen LogP contribution in [0.15, 0.2) is 41.4 Å². The monoisotopic (exact) mass is 297 g/mol. The van der Waals surface area contributed by atoms with Crippen LogP contribution in [-0.4, -0.2) is 31.1 Å². The van der Waals surface area contributed by atoms with Gasteiger partial charge in [-0.25, -0.2) is 4.99 Å². The molecule has 0 spiro atoms. The molecule has 1 saturated heterocycles. The molecule has 22 heavy (non-hydrogen) atoms. The van der Waals surface area contributed by atoms with Crippen LogP contribution in [0.3, 0.4) is 0 Å². The third kappa shape index (κ3) is 3.32. The Kier molecular flexibility index (Phi) is 4.47. The van der Waals surface area contributed by atoms with Gasteiger partial charge < -0.3 is 15.4 Å². The SMILES string of the molecule is COc1ccc2cc(CN=C(N)N3CCCCC3)ccc2c1. The van der Waals surface area contributed by atoms with Gasteiger partial charge in [-0.2, -0.15) is 0 Å². The van der Waals surface area contributed by atoms with Crippen molar-refractivity contribution in [2.75, 3.05) is 20.2 Å². The number of piperidine rings is 1. The van der Waals surface area contributed by atoms with Gasteiger partial charge in [0.05, 0.1) is 13.7 Å². The zero-order valence-corrected chi connectivity index (χ0v) is 13.1. The molecule has 4 nitrogen and oxygen atoms in total. The van der Waals surface area contributed by atoms with Crippen LogP contribution in [0.4, 0.5) is 0 Å². The van der Waals surface area contributed by atoms with E-state index >= 15 is 0 Å². The molecule has 3 rings (SSSR count). The first-order chi connectivity index (χ1) is 10.8. The van der Waals surface area contributed by atoms with Crippen molar-refractivity contribution < 1.29 is 4.74 Å². The Bertz CT molecular complexity index is 675. The number of benzene rings is 2. The number of nitrogens with zero attached hydrogens (tertiary/aromatic N) is 2. The second-order valence-corrected chi connectivity index (χ2v) is 5.77. The molecule has 2 aromatic carbocycles. The minimum Gasteiger partial charge on any atom is -0.497 e. The molecular formula is C18H23N3O. The number of rotatable bonds is 3. The van der Waals surface area contributed by atoms with Crippen molar-refractivity contribution >= 4 is 16.7 Å². The average molecular weight is 297 g/mol. The highest BCUT2D eigenvalue weighted by Gasteiger charge is 2.11. The zero-order valence-electron chi connectivity index (χ0n) is 13.1. The number of fused-ring (bicyclic) bond motifs is 1. The maximum Gasteiger partial charge on any atom is 0.191 e. The van der Waals surface area contributed by atoms with Crippen LogP contribution < -0.4 is 10.5 Å². The first-order valence-electron chi connectivity index (χ1n) is 7.88. The second-order valence-electron chi connectivity index (χ2n) is 5.77. The molecule has 0 bridgehead atoms. The Morgan fingerprint density at radius 3 is 2.59 bits per heavy atom. The van der Waals surface area contributed by atoms with Gasteiger partial charge in [0.15, 0.2) is 5.96 Å². The van der Waals surface area contributed by atoms with Crippen LogP contribution in [-0.2, 0) is 6.54 Å². The fourth-order valence-corrected chi connectivity index (χ4v) is 2.89. The molecule has 1 aliphatic rings. The Labute approximate surface area is 131 Å². The molecule has 0 aliphatic carbocycles. The van der Waals surface area contributed by atoms with E-state index < -0.39 is 0 Å². The molecule has 1 aliphatic heterocycles. The fraction of sp³-hybridized carbons (Fsp3) is 0.389. The fourth-order valence-electron chi connectivity index (χ4n) is 2.89. The van der Waals surface area contributed by atoms with E-state index in [0.717, 1.165) is 18.8 Å². The number of hydrogen-bond donors (Lipinski definition) is 1.